The van der Waals surface area contributed by atoms with Crippen molar-refractivity contribution in [2.24, 2.45) is 5.73 Å². The van der Waals surface area contributed by atoms with E-state index in [0.29, 0.717) is 5.75 Å². The summed E-state index contributed by atoms with van der Waals surface area (Å²) in [5.74, 6) is 0.630. The van der Waals surface area contributed by atoms with Crippen molar-refractivity contribution in [3.05, 3.63) is 21.2 Å². The van der Waals surface area contributed by atoms with Crippen LogP contribution in [0, 0.1) is 13.8 Å². The third-order valence-electron chi connectivity index (χ3n) is 2.53. The zero-order valence-electron chi connectivity index (χ0n) is 9.39. The lowest BCUT2D eigenvalue weighted by molar-refractivity contribution is 0.365. The van der Waals surface area contributed by atoms with Crippen LogP contribution in [-0.4, -0.2) is 12.2 Å². The Morgan fingerprint density at radius 2 is 1.87 bits per heavy atom. The van der Waals surface area contributed by atoms with Crippen LogP contribution >= 0.6 is 15.9 Å². The summed E-state index contributed by atoms with van der Waals surface area (Å²) in [5, 5.41) is 10.0. The number of hydrogen-bond donors (Lipinski definition) is 2. The molecule has 0 aliphatic carbocycles. The number of aromatic hydroxyl groups is 1. The summed E-state index contributed by atoms with van der Waals surface area (Å²) in [7, 11) is 1.54. The first-order valence-corrected chi connectivity index (χ1v) is 5.52. The third kappa shape index (κ3) is 1.96. The molecule has 0 aromatic heterocycles. The molecule has 0 aliphatic rings. The molecule has 0 fully saturated rings. The van der Waals surface area contributed by atoms with Crippen LogP contribution in [0.25, 0.3) is 0 Å². The third-order valence-corrected chi connectivity index (χ3v) is 3.72. The van der Waals surface area contributed by atoms with E-state index in [4.69, 9.17) is 10.5 Å². The van der Waals surface area contributed by atoms with Gasteiger partial charge in [-0.1, -0.05) is 15.9 Å². The standard InChI is InChI=1S/C11H16BrNO2/c1-5-8(7(3)13)10(14)11(15-4)6(2)9(5)12/h7,14H,13H2,1-4H3. The number of phenols is 1. The molecule has 3 nitrogen and oxygen atoms in total. The number of phenolic OH excluding ortho intramolecular Hbond substituents is 1. The minimum absolute atomic E-state index is 0.144. The topological polar surface area (TPSA) is 55.5 Å². The van der Waals surface area contributed by atoms with Crippen molar-refractivity contribution in [3.8, 4) is 11.5 Å². The number of hydrogen-bond acceptors (Lipinski definition) is 3. The van der Waals surface area contributed by atoms with Gasteiger partial charge >= 0.3 is 0 Å². The van der Waals surface area contributed by atoms with E-state index in [2.05, 4.69) is 15.9 Å². The number of halogens is 1. The van der Waals surface area contributed by atoms with Crippen molar-refractivity contribution in [1.82, 2.24) is 0 Å². The Morgan fingerprint density at radius 3 is 2.27 bits per heavy atom. The van der Waals surface area contributed by atoms with Gasteiger partial charge in [-0.15, -0.1) is 0 Å². The Kier molecular flexibility index (Phi) is 3.62. The molecule has 0 radical (unpaired) electrons. The van der Waals surface area contributed by atoms with Gasteiger partial charge in [0.2, 0.25) is 0 Å². The van der Waals surface area contributed by atoms with Gasteiger partial charge in [0.1, 0.15) is 0 Å². The van der Waals surface area contributed by atoms with Crippen molar-refractivity contribution in [2.75, 3.05) is 7.11 Å². The Bertz CT molecular complexity index is 389. The summed E-state index contributed by atoms with van der Waals surface area (Å²) in [6.45, 7) is 5.65. The SMILES string of the molecule is COc1c(C)c(Br)c(C)c(C(C)N)c1O. The molecule has 0 spiro atoms. The maximum atomic E-state index is 10.0. The molecule has 15 heavy (non-hydrogen) atoms. The molecule has 4 heteroatoms. The predicted octanol–water partition coefficient (Wildman–Crippen LogP) is 2.80. The highest BCUT2D eigenvalue weighted by molar-refractivity contribution is 9.10. The van der Waals surface area contributed by atoms with Crippen LogP contribution in [0.4, 0.5) is 0 Å². The molecule has 1 aromatic rings. The average molecular weight is 274 g/mol. The summed E-state index contributed by atoms with van der Waals surface area (Å²) >= 11 is 3.48. The lowest BCUT2D eigenvalue weighted by atomic mass is 9.98. The Balaban J connectivity index is 3.60. The number of rotatable bonds is 2. The van der Waals surface area contributed by atoms with E-state index in [1.165, 1.54) is 7.11 Å². The largest absolute Gasteiger partial charge is 0.504 e. The lowest BCUT2D eigenvalue weighted by Crippen LogP contribution is -2.09. The number of benzene rings is 1. The molecular weight excluding hydrogens is 258 g/mol. The van der Waals surface area contributed by atoms with Crippen LogP contribution in [0.3, 0.4) is 0 Å². The van der Waals surface area contributed by atoms with Crippen molar-refractivity contribution in [2.45, 2.75) is 26.8 Å². The van der Waals surface area contributed by atoms with Crippen LogP contribution < -0.4 is 10.5 Å². The number of ether oxygens (including phenoxy) is 1. The monoisotopic (exact) mass is 273 g/mol. The van der Waals surface area contributed by atoms with Crippen molar-refractivity contribution in [3.63, 3.8) is 0 Å². The molecule has 1 aromatic carbocycles. The molecule has 0 saturated heterocycles. The molecule has 0 saturated carbocycles. The smallest absolute Gasteiger partial charge is 0.164 e. The molecule has 1 atom stereocenters. The molecule has 1 rings (SSSR count). The fourth-order valence-electron chi connectivity index (χ4n) is 1.78. The molecule has 3 N–H and O–H groups in total. The Morgan fingerprint density at radius 1 is 1.33 bits per heavy atom. The van der Waals surface area contributed by atoms with Crippen LogP contribution in [0.5, 0.6) is 11.5 Å². The Labute approximate surface area is 98.4 Å². The van der Waals surface area contributed by atoms with Gasteiger partial charge in [0.05, 0.1) is 7.11 Å². The molecule has 1 unspecified atom stereocenters. The van der Waals surface area contributed by atoms with E-state index in [1.54, 1.807) is 0 Å². The van der Waals surface area contributed by atoms with Crippen molar-refractivity contribution < 1.29 is 9.84 Å². The molecular formula is C11H16BrNO2. The second-order valence-electron chi connectivity index (χ2n) is 3.65. The molecule has 84 valence electrons. The summed E-state index contributed by atoms with van der Waals surface area (Å²) in [6, 6.07) is -0.226. The van der Waals surface area contributed by atoms with Crippen LogP contribution in [0.15, 0.2) is 4.47 Å². The summed E-state index contributed by atoms with van der Waals surface area (Å²) in [5.41, 5.74) is 8.39. The van der Waals surface area contributed by atoms with Gasteiger partial charge in [0.15, 0.2) is 11.5 Å². The predicted molar refractivity (Wildman–Crippen MR) is 64.4 cm³/mol. The highest BCUT2D eigenvalue weighted by Gasteiger charge is 2.20. The maximum absolute atomic E-state index is 10.0. The zero-order valence-corrected chi connectivity index (χ0v) is 11.0. The van der Waals surface area contributed by atoms with Crippen LogP contribution in [0.1, 0.15) is 29.7 Å². The number of methoxy groups -OCH3 is 1. The summed E-state index contributed by atoms with van der Waals surface area (Å²) < 4.78 is 6.10. The van der Waals surface area contributed by atoms with E-state index in [1.807, 2.05) is 20.8 Å². The van der Waals surface area contributed by atoms with Crippen molar-refractivity contribution in [1.29, 1.82) is 0 Å². The second-order valence-corrected chi connectivity index (χ2v) is 4.44. The zero-order chi connectivity index (χ0) is 11.7. The van der Waals surface area contributed by atoms with Gasteiger partial charge in [-0.05, 0) is 26.3 Å². The van der Waals surface area contributed by atoms with E-state index in [-0.39, 0.29) is 11.8 Å². The average Bonchev–Trinajstić information content (AvgIpc) is 2.15. The van der Waals surface area contributed by atoms with Crippen molar-refractivity contribution >= 4 is 15.9 Å². The fourth-order valence-corrected chi connectivity index (χ4v) is 2.18. The van der Waals surface area contributed by atoms with E-state index in [0.717, 1.165) is 21.2 Å². The quantitative estimate of drug-likeness (QED) is 0.871. The van der Waals surface area contributed by atoms with Gasteiger partial charge in [-0.25, -0.2) is 0 Å². The van der Waals surface area contributed by atoms with Gasteiger partial charge in [-0.2, -0.15) is 0 Å². The van der Waals surface area contributed by atoms with Gasteiger partial charge in [0.25, 0.3) is 0 Å². The van der Waals surface area contributed by atoms with Crippen LogP contribution in [0.2, 0.25) is 0 Å². The first kappa shape index (κ1) is 12.3. The Hall–Kier alpha value is -0.740. The van der Waals surface area contributed by atoms with Gasteiger partial charge in [-0.3, -0.25) is 0 Å². The highest BCUT2D eigenvalue weighted by Crippen LogP contribution is 2.43. The first-order chi connectivity index (χ1) is 6.91. The summed E-state index contributed by atoms with van der Waals surface area (Å²) in [4.78, 5) is 0. The first-order valence-electron chi connectivity index (χ1n) is 4.72. The van der Waals surface area contributed by atoms with E-state index < -0.39 is 0 Å². The summed E-state index contributed by atoms with van der Waals surface area (Å²) in [6.07, 6.45) is 0. The number of nitrogens with two attached hydrogens (primary N) is 1. The minimum atomic E-state index is -0.226. The van der Waals surface area contributed by atoms with Crippen LogP contribution in [-0.2, 0) is 0 Å². The maximum Gasteiger partial charge on any atom is 0.164 e. The van der Waals surface area contributed by atoms with E-state index >= 15 is 0 Å². The normalized spacial score (nSPS) is 12.7. The van der Waals surface area contributed by atoms with Gasteiger partial charge in [0, 0.05) is 21.6 Å². The molecule has 0 aliphatic heterocycles. The molecule has 0 heterocycles. The molecule has 0 bridgehead atoms. The second kappa shape index (κ2) is 4.41. The van der Waals surface area contributed by atoms with E-state index in [9.17, 15) is 5.11 Å². The minimum Gasteiger partial charge on any atom is -0.504 e. The molecule has 0 amide bonds. The highest BCUT2D eigenvalue weighted by atomic mass is 79.9. The lowest BCUT2D eigenvalue weighted by Gasteiger charge is -2.19. The van der Waals surface area contributed by atoms with Gasteiger partial charge < -0.3 is 15.6 Å². The fraction of sp³-hybridized carbons (Fsp3) is 0.455.